The van der Waals surface area contributed by atoms with Gasteiger partial charge in [0.1, 0.15) is 0 Å². The summed E-state index contributed by atoms with van der Waals surface area (Å²) in [5.74, 6) is 0.481. The lowest BCUT2D eigenvalue weighted by Crippen LogP contribution is -2.51. The minimum atomic E-state index is -2.33. The number of rotatable bonds is 5. The van der Waals surface area contributed by atoms with Crippen molar-refractivity contribution in [2.45, 2.75) is 26.3 Å². The third kappa shape index (κ3) is 3.32. The van der Waals surface area contributed by atoms with Crippen LogP contribution in [0.3, 0.4) is 0 Å². The smallest absolute Gasteiger partial charge is 0.374 e. The standard InChI is InChI=1S/C9H21NO3Si/c1-3-11-14(6-4-5-10)12-7-9(2)8-13-14/h9H,3-8,10H2,1-2H3. The lowest BCUT2D eigenvalue weighted by atomic mass is 10.2. The van der Waals surface area contributed by atoms with E-state index in [0.717, 1.165) is 25.7 Å². The maximum atomic E-state index is 5.76. The highest BCUT2D eigenvalue weighted by Crippen LogP contribution is 2.23. The Labute approximate surface area is 87.1 Å². The van der Waals surface area contributed by atoms with Gasteiger partial charge in [0.25, 0.3) is 0 Å². The quantitative estimate of drug-likeness (QED) is 0.701. The van der Waals surface area contributed by atoms with Crippen LogP contribution in [-0.4, -0.2) is 35.2 Å². The maximum Gasteiger partial charge on any atom is 0.501 e. The summed E-state index contributed by atoms with van der Waals surface area (Å²) in [4.78, 5) is 0. The summed E-state index contributed by atoms with van der Waals surface area (Å²) in [7, 11) is -2.33. The largest absolute Gasteiger partial charge is 0.501 e. The summed E-state index contributed by atoms with van der Waals surface area (Å²) in [5.41, 5.74) is 5.48. The zero-order valence-corrected chi connectivity index (χ0v) is 10.1. The van der Waals surface area contributed by atoms with E-state index in [0.29, 0.717) is 19.1 Å². The highest BCUT2D eigenvalue weighted by atomic mass is 28.4. The monoisotopic (exact) mass is 219 g/mol. The van der Waals surface area contributed by atoms with Crippen molar-refractivity contribution in [3.8, 4) is 0 Å². The van der Waals surface area contributed by atoms with Gasteiger partial charge in [-0.3, -0.25) is 0 Å². The Balaban J connectivity index is 2.44. The highest BCUT2D eigenvalue weighted by Gasteiger charge is 2.43. The first-order valence-corrected chi connectivity index (χ1v) is 7.27. The summed E-state index contributed by atoms with van der Waals surface area (Å²) in [5, 5.41) is 0. The van der Waals surface area contributed by atoms with E-state index in [1.165, 1.54) is 0 Å². The van der Waals surface area contributed by atoms with Crippen LogP contribution in [0.5, 0.6) is 0 Å². The summed E-state index contributed by atoms with van der Waals surface area (Å²) in [6.45, 7) is 6.94. The molecule has 0 aromatic rings. The average Bonchev–Trinajstić information content (AvgIpc) is 2.20. The van der Waals surface area contributed by atoms with Crippen molar-refractivity contribution < 1.29 is 13.3 Å². The van der Waals surface area contributed by atoms with Gasteiger partial charge in [0, 0.05) is 31.8 Å². The van der Waals surface area contributed by atoms with Gasteiger partial charge in [-0.2, -0.15) is 0 Å². The van der Waals surface area contributed by atoms with Gasteiger partial charge in [0.2, 0.25) is 0 Å². The summed E-state index contributed by atoms with van der Waals surface area (Å²) >= 11 is 0. The fourth-order valence-electron chi connectivity index (χ4n) is 1.47. The molecule has 0 bridgehead atoms. The Bertz CT molecular complexity index is 155. The van der Waals surface area contributed by atoms with E-state index in [9.17, 15) is 0 Å². The molecule has 4 nitrogen and oxygen atoms in total. The van der Waals surface area contributed by atoms with Gasteiger partial charge in [-0.15, -0.1) is 0 Å². The van der Waals surface area contributed by atoms with Crippen LogP contribution in [0.2, 0.25) is 6.04 Å². The molecule has 1 aliphatic heterocycles. The van der Waals surface area contributed by atoms with Crippen LogP contribution in [0.15, 0.2) is 0 Å². The number of hydrogen-bond donors (Lipinski definition) is 1. The van der Waals surface area contributed by atoms with E-state index >= 15 is 0 Å². The van der Waals surface area contributed by atoms with Crippen molar-refractivity contribution in [3.63, 3.8) is 0 Å². The Morgan fingerprint density at radius 2 is 2.07 bits per heavy atom. The zero-order chi connectivity index (χ0) is 10.4. The molecule has 1 fully saturated rings. The molecule has 0 spiro atoms. The average molecular weight is 219 g/mol. The molecule has 0 unspecified atom stereocenters. The summed E-state index contributed by atoms with van der Waals surface area (Å²) < 4.78 is 17.2. The van der Waals surface area contributed by atoms with Gasteiger partial charge < -0.3 is 19.0 Å². The van der Waals surface area contributed by atoms with Crippen LogP contribution in [0.25, 0.3) is 0 Å². The predicted octanol–water partition coefficient (Wildman–Crippen LogP) is 0.993. The Hall–Kier alpha value is 0.0569. The van der Waals surface area contributed by atoms with E-state index in [1.807, 2.05) is 6.92 Å². The van der Waals surface area contributed by atoms with E-state index in [2.05, 4.69) is 6.92 Å². The molecular weight excluding hydrogens is 198 g/mol. The second-order valence-electron chi connectivity index (χ2n) is 3.74. The van der Waals surface area contributed by atoms with Crippen LogP contribution >= 0.6 is 0 Å². The van der Waals surface area contributed by atoms with Crippen LogP contribution < -0.4 is 5.73 Å². The zero-order valence-electron chi connectivity index (χ0n) is 9.12. The summed E-state index contributed by atoms with van der Waals surface area (Å²) in [6, 6.07) is 0.851. The predicted molar refractivity (Wildman–Crippen MR) is 56.9 cm³/mol. The molecule has 2 N–H and O–H groups in total. The molecule has 84 valence electrons. The molecular formula is C9H21NO3Si. The number of hydrogen-bond acceptors (Lipinski definition) is 4. The molecule has 0 atom stereocenters. The van der Waals surface area contributed by atoms with Crippen LogP contribution in [-0.2, 0) is 13.3 Å². The second-order valence-corrected chi connectivity index (χ2v) is 6.47. The third-order valence-electron chi connectivity index (χ3n) is 2.23. The molecule has 0 radical (unpaired) electrons. The highest BCUT2D eigenvalue weighted by molar-refractivity contribution is 6.60. The van der Waals surface area contributed by atoms with Crippen molar-refractivity contribution in [1.82, 2.24) is 0 Å². The lowest BCUT2D eigenvalue weighted by Gasteiger charge is -2.35. The molecule has 1 aliphatic rings. The molecule has 0 aromatic carbocycles. The van der Waals surface area contributed by atoms with Crippen molar-refractivity contribution in [3.05, 3.63) is 0 Å². The van der Waals surface area contributed by atoms with Gasteiger partial charge in [-0.25, -0.2) is 0 Å². The molecule has 14 heavy (non-hydrogen) atoms. The van der Waals surface area contributed by atoms with Crippen molar-refractivity contribution in [1.29, 1.82) is 0 Å². The van der Waals surface area contributed by atoms with E-state index in [-0.39, 0.29) is 0 Å². The van der Waals surface area contributed by atoms with Crippen molar-refractivity contribution in [2.24, 2.45) is 11.7 Å². The van der Waals surface area contributed by atoms with Crippen LogP contribution in [0.1, 0.15) is 20.3 Å². The van der Waals surface area contributed by atoms with Crippen LogP contribution in [0.4, 0.5) is 0 Å². The molecule has 0 amide bonds. The normalized spacial score (nSPS) is 33.2. The second kappa shape index (κ2) is 5.82. The molecule has 1 saturated heterocycles. The third-order valence-corrected chi connectivity index (χ3v) is 5.13. The van der Waals surface area contributed by atoms with Gasteiger partial charge in [0.15, 0.2) is 0 Å². The van der Waals surface area contributed by atoms with Crippen LogP contribution in [0, 0.1) is 5.92 Å². The molecule has 0 aromatic heterocycles. The maximum absolute atomic E-state index is 5.76. The van der Waals surface area contributed by atoms with Gasteiger partial charge in [0.05, 0.1) is 0 Å². The van der Waals surface area contributed by atoms with Gasteiger partial charge in [-0.1, -0.05) is 6.92 Å². The first-order chi connectivity index (χ1) is 6.72. The Kier molecular flexibility index (Phi) is 5.04. The fraction of sp³-hybridized carbons (Fsp3) is 1.00. The van der Waals surface area contributed by atoms with E-state index < -0.39 is 8.80 Å². The Morgan fingerprint density at radius 1 is 1.43 bits per heavy atom. The van der Waals surface area contributed by atoms with E-state index in [4.69, 9.17) is 19.0 Å². The minimum Gasteiger partial charge on any atom is -0.374 e. The lowest BCUT2D eigenvalue weighted by molar-refractivity contribution is -0.00270. The SMILES string of the molecule is CCO[Si]1(CCCN)OCC(C)CO1. The number of nitrogens with two attached hydrogens (primary N) is 1. The van der Waals surface area contributed by atoms with Gasteiger partial charge >= 0.3 is 8.80 Å². The molecule has 0 saturated carbocycles. The van der Waals surface area contributed by atoms with E-state index in [1.54, 1.807) is 0 Å². The molecule has 5 heteroatoms. The fourth-order valence-corrected chi connectivity index (χ4v) is 4.30. The molecule has 0 aliphatic carbocycles. The first kappa shape index (κ1) is 12.1. The first-order valence-electron chi connectivity index (χ1n) is 5.34. The molecule has 1 heterocycles. The Morgan fingerprint density at radius 3 is 2.57 bits per heavy atom. The van der Waals surface area contributed by atoms with Crippen molar-refractivity contribution >= 4 is 8.80 Å². The minimum absolute atomic E-state index is 0.481. The van der Waals surface area contributed by atoms with Crippen molar-refractivity contribution in [2.75, 3.05) is 26.4 Å². The summed E-state index contributed by atoms with van der Waals surface area (Å²) in [6.07, 6.45) is 0.917. The van der Waals surface area contributed by atoms with Gasteiger partial charge in [-0.05, 0) is 19.9 Å². The topological polar surface area (TPSA) is 53.7 Å². The molecule has 1 rings (SSSR count).